The largest absolute Gasteiger partial charge is 0.488 e. The van der Waals surface area contributed by atoms with Crippen LogP contribution < -0.4 is 4.74 Å². The molecular weight excluding hydrogens is 448 g/mol. The molecule has 1 aliphatic carbocycles. The number of allylic oxidation sites excluding steroid dienone is 1. The van der Waals surface area contributed by atoms with E-state index in [0.717, 1.165) is 53.4 Å². The van der Waals surface area contributed by atoms with Crippen LogP contribution in [0.1, 0.15) is 59.5 Å². The number of hydrogen-bond donors (Lipinski definition) is 0. The van der Waals surface area contributed by atoms with E-state index >= 15 is 0 Å². The minimum Gasteiger partial charge on any atom is -0.488 e. The summed E-state index contributed by atoms with van der Waals surface area (Å²) < 4.78 is 11.9. The number of morpholine rings is 1. The van der Waals surface area contributed by atoms with Gasteiger partial charge in [-0.1, -0.05) is 24.3 Å². The van der Waals surface area contributed by atoms with Gasteiger partial charge in [-0.05, 0) is 44.4 Å². The summed E-state index contributed by atoms with van der Waals surface area (Å²) in [6.07, 6.45) is 2.39. The van der Waals surface area contributed by atoms with Gasteiger partial charge in [0.2, 0.25) is 0 Å². The Morgan fingerprint density at radius 3 is 2.59 bits per heavy atom. The highest BCUT2D eigenvalue weighted by molar-refractivity contribution is 7.10. The van der Waals surface area contributed by atoms with Gasteiger partial charge in [0, 0.05) is 48.4 Å². The van der Waals surface area contributed by atoms with E-state index in [2.05, 4.69) is 37.5 Å². The number of nitrogens with zero attached hydrogens (tertiary/aromatic N) is 2. The molecule has 1 saturated heterocycles. The summed E-state index contributed by atoms with van der Waals surface area (Å²) in [5.41, 5.74) is 3.97. The molecule has 1 saturated carbocycles. The molecular formula is C27H32N2O4S. The van der Waals surface area contributed by atoms with Gasteiger partial charge in [-0.3, -0.25) is 14.5 Å². The van der Waals surface area contributed by atoms with Gasteiger partial charge in [0.25, 0.3) is 5.91 Å². The quantitative estimate of drug-likeness (QED) is 0.567. The zero-order valence-electron chi connectivity index (χ0n) is 19.9. The highest BCUT2D eigenvalue weighted by atomic mass is 32.1. The summed E-state index contributed by atoms with van der Waals surface area (Å²) in [6.45, 7) is 11.9. The first-order valence-corrected chi connectivity index (χ1v) is 12.9. The highest BCUT2D eigenvalue weighted by Crippen LogP contribution is 2.36. The summed E-state index contributed by atoms with van der Waals surface area (Å²) in [5.74, 6) is 0.897. The Kier molecular flexibility index (Phi) is 6.60. The van der Waals surface area contributed by atoms with E-state index in [1.54, 1.807) is 16.2 Å². The lowest BCUT2D eigenvalue weighted by Gasteiger charge is -2.35. The smallest absolute Gasteiger partial charge is 0.255 e. The van der Waals surface area contributed by atoms with Gasteiger partial charge in [0.05, 0.1) is 23.8 Å². The number of ether oxygens (including phenoxy) is 2. The molecule has 5 rings (SSSR count). The number of carbonyl (C=O) groups is 2. The minimum atomic E-state index is -0.325. The molecule has 1 aromatic heterocycles. The molecule has 1 amide bonds. The molecule has 2 aromatic rings. The van der Waals surface area contributed by atoms with Crippen molar-refractivity contribution in [2.45, 2.75) is 71.1 Å². The average molecular weight is 481 g/mol. The summed E-state index contributed by atoms with van der Waals surface area (Å²) in [5, 5.41) is 1.91. The first-order valence-electron chi connectivity index (χ1n) is 12.1. The van der Waals surface area contributed by atoms with Crippen LogP contribution in [0, 0.1) is 0 Å². The molecule has 0 radical (unpaired) electrons. The van der Waals surface area contributed by atoms with E-state index in [1.165, 1.54) is 5.56 Å². The van der Waals surface area contributed by atoms with Gasteiger partial charge >= 0.3 is 0 Å². The van der Waals surface area contributed by atoms with Gasteiger partial charge in [0.1, 0.15) is 12.4 Å². The van der Waals surface area contributed by atoms with E-state index in [1.807, 2.05) is 17.5 Å². The lowest BCUT2D eigenvalue weighted by Crippen LogP contribution is -2.44. The third kappa shape index (κ3) is 4.83. The van der Waals surface area contributed by atoms with E-state index < -0.39 is 0 Å². The number of carbonyl (C=O) groups excluding carboxylic acids is 2. The molecule has 6 nitrogen and oxygen atoms in total. The zero-order chi connectivity index (χ0) is 23.8. The number of hydrogen-bond acceptors (Lipinski definition) is 6. The van der Waals surface area contributed by atoms with Crippen molar-refractivity contribution < 1.29 is 19.1 Å². The Balaban J connectivity index is 1.18. The third-order valence-electron chi connectivity index (χ3n) is 6.94. The summed E-state index contributed by atoms with van der Waals surface area (Å²) in [7, 11) is 0. The summed E-state index contributed by atoms with van der Waals surface area (Å²) in [6, 6.07) is 7.94. The van der Waals surface area contributed by atoms with Gasteiger partial charge in [-0.15, -0.1) is 11.3 Å². The number of fused-ring (bicyclic) bond motifs is 1. The topological polar surface area (TPSA) is 59.1 Å². The molecule has 0 N–H and O–H groups in total. The van der Waals surface area contributed by atoms with E-state index in [0.29, 0.717) is 26.0 Å². The fourth-order valence-corrected chi connectivity index (χ4v) is 6.29. The second kappa shape index (κ2) is 9.64. The Hall–Kier alpha value is -2.48. The molecule has 2 aliphatic heterocycles. The van der Waals surface area contributed by atoms with Crippen molar-refractivity contribution >= 4 is 23.0 Å². The molecule has 0 spiro atoms. The monoisotopic (exact) mass is 480 g/mol. The van der Waals surface area contributed by atoms with Gasteiger partial charge in [0.15, 0.2) is 5.78 Å². The number of ketones is 1. The Bertz CT molecular complexity index is 1080. The van der Waals surface area contributed by atoms with Crippen LogP contribution in [0.25, 0.3) is 0 Å². The first-order chi connectivity index (χ1) is 16.4. The SMILES string of the molecule is C=C1CC[C@H](N2Cc3c(csc3COc3ccc(CN4CC(C)OC(C)C4)cc3)C2=O)C(=O)C1. The molecule has 7 heteroatoms. The van der Waals surface area contributed by atoms with E-state index in [4.69, 9.17) is 9.47 Å². The third-order valence-corrected chi connectivity index (χ3v) is 7.94. The average Bonchev–Trinajstić information content (AvgIpc) is 3.33. The number of amides is 1. The van der Waals surface area contributed by atoms with Crippen molar-refractivity contribution in [3.63, 3.8) is 0 Å². The number of benzene rings is 1. The molecule has 2 fully saturated rings. The van der Waals surface area contributed by atoms with Crippen molar-refractivity contribution in [2.24, 2.45) is 0 Å². The van der Waals surface area contributed by atoms with Crippen LogP contribution in [-0.4, -0.2) is 52.8 Å². The number of rotatable bonds is 6. The van der Waals surface area contributed by atoms with Gasteiger partial charge < -0.3 is 14.4 Å². The predicted molar refractivity (Wildman–Crippen MR) is 132 cm³/mol. The predicted octanol–water partition coefficient (Wildman–Crippen LogP) is 4.57. The molecule has 0 bridgehead atoms. The molecule has 3 heterocycles. The lowest BCUT2D eigenvalue weighted by molar-refractivity contribution is -0.124. The van der Waals surface area contributed by atoms with Crippen LogP contribution in [0.5, 0.6) is 5.75 Å². The Morgan fingerprint density at radius 2 is 1.88 bits per heavy atom. The molecule has 1 aromatic carbocycles. The standard InChI is InChI=1S/C27H32N2O4S/c1-17-4-9-24(25(30)10-17)29-14-22-23(27(29)31)16-34-26(22)15-32-21-7-5-20(6-8-21)13-28-11-18(2)33-19(3)12-28/h5-8,16,18-19,24H,1,4,9-15H2,2-3H3/t18?,19?,24-/m0/s1. The van der Waals surface area contributed by atoms with Crippen molar-refractivity contribution in [2.75, 3.05) is 13.1 Å². The maximum absolute atomic E-state index is 13.0. The Labute approximate surface area is 205 Å². The first kappa shape index (κ1) is 23.3. The fraction of sp³-hybridized carbons (Fsp3) is 0.481. The second-order valence-electron chi connectivity index (χ2n) is 9.82. The van der Waals surface area contributed by atoms with Crippen molar-refractivity contribution in [3.05, 3.63) is 63.4 Å². The van der Waals surface area contributed by atoms with Crippen LogP contribution in [0.15, 0.2) is 41.8 Å². The zero-order valence-corrected chi connectivity index (χ0v) is 20.7. The normalized spacial score (nSPS) is 25.6. The van der Waals surface area contributed by atoms with E-state index in [9.17, 15) is 9.59 Å². The maximum atomic E-state index is 13.0. The Morgan fingerprint density at radius 1 is 1.15 bits per heavy atom. The van der Waals surface area contributed by atoms with E-state index in [-0.39, 0.29) is 29.9 Å². The fourth-order valence-electron chi connectivity index (χ4n) is 5.34. The number of Topliss-reactive ketones (excluding diaryl/α,β-unsaturated/α-hetero) is 1. The van der Waals surface area contributed by atoms with Crippen LogP contribution in [-0.2, 0) is 29.2 Å². The number of thiophene rings is 1. The second-order valence-corrected chi connectivity index (χ2v) is 10.8. The summed E-state index contributed by atoms with van der Waals surface area (Å²) >= 11 is 1.56. The van der Waals surface area contributed by atoms with Gasteiger partial charge in [-0.25, -0.2) is 0 Å². The molecule has 34 heavy (non-hydrogen) atoms. The highest BCUT2D eigenvalue weighted by Gasteiger charge is 2.39. The van der Waals surface area contributed by atoms with Crippen LogP contribution in [0.2, 0.25) is 0 Å². The van der Waals surface area contributed by atoms with Crippen LogP contribution in [0.3, 0.4) is 0 Å². The molecule has 3 atom stereocenters. The van der Waals surface area contributed by atoms with Crippen molar-refractivity contribution in [3.8, 4) is 5.75 Å². The van der Waals surface area contributed by atoms with Gasteiger partial charge in [-0.2, -0.15) is 0 Å². The summed E-state index contributed by atoms with van der Waals surface area (Å²) in [4.78, 5) is 30.7. The molecule has 180 valence electrons. The molecule has 3 aliphatic rings. The molecule has 2 unspecified atom stereocenters. The minimum absolute atomic E-state index is 0.0283. The maximum Gasteiger partial charge on any atom is 0.255 e. The lowest BCUT2D eigenvalue weighted by atomic mass is 9.90. The van der Waals surface area contributed by atoms with Crippen molar-refractivity contribution in [1.29, 1.82) is 0 Å². The van der Waals surface area contributed by atoms with Crippen molar-refractivity contribution in [1.82, 2.24) is 9.80 Å². The van der Waals surface area contributed by atoms with Crippen LogP contribution >= 0.6 is 11.3 Å². The van der Waals surface area contributed by atoms with Crippen LogP contribution in [0.4, 0.5) is 0 Å².